The highest BCUT2D eigenvalue weighted by molar-refractivity contribution is 7.14. The van der Waals surface area contributed by atoms with E-state index >= 15 is 4.39 Å². The third kappa shape index (κ3) is 13.6. The number of aryl methyl sites for hydroxylation is 2. The summed E-state index contributed by atoms with van der Waals surface area (Å²) >= 11 is 0.910. The van der Waals surface area contributed by atoms with Crippen molar-refractivity contribution < 1.29 is 57.1 Å². The number of carbonyl (C=O) groups excluding carboxylic acids is 3. The quantitative estimate of drug-likeness (QED) is 0.0725. The lowest BCUT2D eigenvalue weighted by Crippen LogP contribution is -2.41. The molecule has 3 N–H and O–H groups in total. The van der Waals surface area contributed by atoms with Gasteiger partial charge in [-0.2, -0.15) is 4.68 Å². The van der Waals surface area contributed by atoms with Crippen LogP contribution in [0.2, 0.25) is 0 Å². The van der Waals surface area contributed by atoms with Gasteiger partial charge >= 0.3 is 24.1 Å². The topological polar surface area (TPSA) is 193 Å². The summed E-state index contributed by atoms with van der Waals surface area (Å²) in [6.45, 7) is 16.0. The lowest BCUT2D eigenvalue weighted by Gasteiger charge is -2.37. The predicted octanol–water partition coefficient (Wildman–Crippen LogP) is 5.49. The van der Waals surface area contributed by atoms with Crippen LogP contribution < -0.4 is 15.3 Å². The van der Waals surface area contributed by atoms with Crippen LogP contribution in [-0.2, 0) is 47.0 Å². The number of nitrogens with one attached hydrogen (secondary N) is 2. The van der Waals surface area contributed by atoms with Crippen LogP contribution in [0.4, 0.5) is 19.1 Å². The number of alkyl halides is 1. The van der Waals surface area contributed by atoms with Crippen LogP contribution in [0.1, 0.15) is 92.3 Å². The smallest absolute Gasteiger partial charge is 0.413 e. The van der Waals surface area contributed by atoms with Crippen LogP contribution >= 0.6 is 11.3 Å². The highest BCUT2D eigenvalue weighted by atomic mass is 32.1. The van der Waals surface area contributed by atoms with Crippen molar-refractivity contribution in [3.8, 4) is 0 Å². The largest absolute Gasteiger partial charge is 0.486 e. The maximum absolute atomic E-state index is 17.2. The SMILES string of the molecule is C[n+]1cc(C2C=CC=C(OC(C)(C)C)C2(F)OCCC(=O)ON=C(C(=O)O)c2csc(NC(=O)OC(C)(C)C)n2)cn1CCCNC(=O)OC(C)(C)C. The molecule has 0 bridgehead atoms. The number of hydrogen-bond donors (Lipinski definition) is 3. The van der Waals surface area contributed by atoms with Crippen molar-refractivity contribution in [3.63, 3.8) is 0 Å². The summed E-state index contributed by atoms with van der Waals surface area (Å²) < 4.78 is 43.0. The van der Waals surface area contributed by atoms with Crippen molar-refractivity contribution >= 4 is 46.3 Å². The fourth-order valence-electron chi connectivity index (χ4n) is 4.73. The zero-order valence-corrected chi connectivity index (χ0v) is 32.6. The van der Waals surface area contributed by atoms with Crippen molar-refractivity contribution in [1.82, 2.24) is 15.0 Å². The molecule has 2 amide bonds. The molecule has 16 nitrogen and oxygen atoms in total. The second-order valence-electron chi connectivity index (χ2n) is 15.0. The molecule has 2 aromatic rings. The highest BCUT2D eigenvalue weighted by Crippen LogP contribution is 2.44. The van der Waals surface area contributed by atoms with E-state index < -0.39 is 71.4 Å². The Bertz CT molecular complexity index is 1730. The van der Waals surface area contributed by atoms with Gasteiger partial charge in [-0.3, -0.25) is 5.32 Å². The van der Waals surface area contributed by atoms with E-state index in [4.69, 9.17) is 23.8 Å². The molecule has 53 heavy (non-hydrogen) atoms. The molecule has 18 heteroatoms. The second-order valence-corrected chi connectivity index (χ2v) is 15.9. The van der Waals surface area contributed by atoms with Gasteiger partial charge in [-0.15, -0.1) is 16.0 Å². The molecule has 0 aromatic carbocycles. The third-order valence-electron chi connectivity index (χ3n) is 6.75. The van der Waals surface area contributed by atoms with E-state index in [9.17, 15) is 24.3 Å². The van der Waals surface area contributed by atoms with E-state index in [2.05, 4.69) is 20.8 Å². The Morgan fingerprint density at radius 1 is 1.06 bits per heavy atom. The summed E-state index contributed by atoms with van der Waals surface area (Å²) in [5.74, 6) is -6.19. The summed E-state index contributed by atoms with van der Waals surface area (Å²) in [6.07, 6.45) is 7.03. The van der Waals surface area contributed by atoms with E-state index in [-0.39, 0.29) is 16.6 Å². The van der Waals surface area contributed by atoms with E-state index in [0.29, 0.717) is 25.1 Å². The third-order valence-corrected chi connectivity index (χ3v) is 7.51. The van der Waals surface area contributed by atoms with Crippen molar-refractivity contribution in [2.24, 2.45) is 12.2 Å². The first-order valence-electron chi connectivity index (χ1n) is 16.9. The average Bonchev–Trinajstić information content (AvgIpc) is 3.59. The standard InChI is InChI=1S/C35H49FN6O10S/c1-32(2,3)49-25-14-11-13-23(22-19-41(10)42(20-22)17-12-16-37-30(46)50-33(4,5)6)35(25,36)48-18-15-26(43)52-40-27(28(44)45)24-21-53-29(38-24)39-31(47)51-34(7,8)9/h11,13-14,19-21,23H,12,15-18H2,1-10H3,(H2-,37,38,39,44,45,46,47)/p+1. The lowest BCUT2D eigenvalue weighted by atomic mass is 9.88. The maximum Gasteiger partial charge on any atom is 0.413 e. The van der Waals surface area contributed by atoms with Crippen molar-refractivity contribution in [3.05, 3.63) is 53.0 Å². The molecule has 3 rings (SSSR count). The van der Waals surface area contributed by atoms with Gasteiger partial charge < -0.3 is 34.2 Å². The van der Waals surface area contributed by atoms with Crippen LogP contribution in [0.15, 0.2) is 46.9 Å². The van der Waals surface area contributed by atoms with Gasteiger partial charge in [0.25, 0.3) is 5.85 Å². The van der Waals surface area contributed by atoms with Crippen molar-refractivity contribution in [2.75, 3.05) is 18.5 Å². The summed E-state index contributed by atoms with van der Waals surface area (Å²) in [7, 11) is 1.80. The normalized spacial score (nSPS) is 17.8. The molecular weight excluding hydrogens is 715 g/mol. The Labute approximate surface area is 311 Å². The molecule has 1 aliphatic carbocycles. The van der Waals surface area contributed by atoms with Crippen LogP contribution in [0.3, 0.4) is 0 Å². The number of rotatable bonds is 14. The first kappa shape index (κ1) is 42.6. The molecule has 0 saturated carbocycles. The maximum atomic E-state index is 17.2. The number of aromatic nitrogens is 3. The zero-order chi connectivity index (χ0) is 39.8. The molecule has 0 saturated heterocycles. The minimum absolute atomic E-state index is 0.0349. The zero-order valence-electron chi connectivity index (χ0n) is 31.8. The molecule has 0 spiro atoms. The number of ether oxygens (including phenoxy) is 4. The summed E-state index contributed by atoms with van der Waals surface area (Å²) in [6, 6.07) is 0. The number of thiazole rings is 1. The Kier molecular flexibility index (Phi) is 13.9. The number of hydrogen-bond acceptors (Lipinski definition) is 12. The van der Waals surface area contributed by atoms with Crippen molar-refractivity contribution in [2.45, 2.75) is 110 Å². The van der Waals surface area contributed by atoms with Crippen LogP contribution in [0.25, 0.3) is 0 Å². The van der Waals surface area contributed by atoms with Gasteiger partial charge in [-0.05, 0) is 74.8 Å². The molecule has 0 aliphatic heterocycles. The van der Waals surface area contributed by atoms with Gasteiger partial charge in [0.1, 0.15) is 22.5 Å². The molecule has 0 fully saturated rings. The van der Waals surface area contributed by atoms with Gasteiger partial charge in [0.15, 0.2) is 24.1 Å². The molecule has 1 aliphatic rings. The number of alkyl carbamates (subject to hydrolysis) is 1. The predicted molar refractivity (Wildman–Crippen MR) is 192 cm³/mol. The van der Waals surface area contributed by atoms with Gasteiger partial charge in [0.2, 0.25) is 5.71 Å². The summed E-state index contributed by atoms with van der Waals surface area (Å²) in [5.41, 5.74) is -2.49. The number of carboxylic acids is 1. The number of allylic oxidation sites excluding steroid dienone is 2. The van der Waals surface area contributed by atoms with E-state index in [1.54, 1.807) is 98.6 Å². The number of anilines is 1. The molecule has 2 heterocycles. The molecule has 0 radical (unpaired) electrons. The highest BCUT2D eigenvalue weighted by Gasteiger charge is 2.49. The fourth-order valence-corrected chi connectivity index (χ4v) is 5.41. The van der Waals surface area contributed by atoms with Crippen LogP contribution in [0.5, 0.6) is 0 Å². The van der Waals surface area contributed by atoms with Gasteiger partial charge in [0.05, 0.1) is 37.3 Å². The molecule has 2 unspecified atom stereocenters. The van der Waals surface area contributed by atoms with E-state index in [1.165, 1.54) is 11.5 Å². The average molecular weight is 766 g/mol. The number of carboxylic acid groups (broad SMARTS) is 1. The lowest BCUT2D eigenvalue weighted by molar-refractivity contribution is -0.753. The van der Waals surface area contributed by atoms with Crippen molar-refractivity contribution in [1.29, 1.82) is 0 Å². The number of amides is 2. The van der Waals surface area contributed by atoms with Gasteiger partial charge in [-0.1, -0.05) is 17.3 Å². The van der Waals surface area contributed by atoms with E-state index in [1.807, 2.05) is 4.68 Å². The van der Waals surface area contributed by atoms with Gasteiger partial charge in [0, 0.05) is 11.9 Å². The second kappa shape index (κ2) is 17.3. The Hall–Kier alpha value is -4.84. The Morgan fingerprint density at radius 3 is 2.34 bits per heavy atom. The molecule has 2 atom stereocenters. The molecular formula is C35H50FN6O10S+. The number of halogens is 1. The van der Waals surface area contributed by atoms with Crippen LogP contribution in [-0.4, -0.2) is 80.4 Å². The number of oxime groups is 1. The number of nitrogens with zero attached hydrogens (tertiary/aromatic N) is 4. The molecule has 292 valence electrons. The number of aliphatic carboxylic acids is 1. The first-order chi connectivity index (χ1) is 24.5. The molecule has 2 aromatic heterocycles. The summed E-state index contributed by atoms with van der Waals surface area (Å²) in [4.78, 5) is 57.4. The minimum atomic E-state index is -2.55. The fraction of sp³-hybridized carbons (Fsp3) is 0.571. The summed E-state index contributed by atoms with van der Waals surface area (Å²) in [5, 5.41) is 19.6. The van der Waals surface area contributed by atoms with Gasteiger partial charge in [-0.25, -0.2) is 28.6 Å². The minimum Gasteiger partial charge on any atom is -0.486 e. The number of carbonyl (C=O) groups is 4. The Balaban J connectivity index is 1.69. The first-order valence-corrected chi connectivity index (χ1v) is 17.7. The van der Waals surface area contributed by atoms with Crippen LogP contribution in [0, 0.1) is 0 Å². The van der Waals surface area contributed by atoms with E-state index in [0.717, 1.165) is 11.3 Å². The Morgan fingerprint density at radius 2 is 1.72 bits per heavy atom. The monoisotopic (exact) mass is 765 g/mol.